The van der Waals surface area contributed by atoms with Crippen molar-refractivity contribution in [2.24, 2.45) is 0 Å². The first kappa shape index (κ1) is 16.7. The number of hydrogen-bond donors (Lipinski definition) is 1. The van der Waals surface area contributed by atoms with Gasteiger partial charge in [0.15, 0.2) is 5.65 Å². The van der Waals surface area contributed by atoms with Gasteiger partial charge < -0.3 is 4.74 Å². The third kappa shape index (κ3) is 2.97. The maximum absolute atomic E-state index is 12.2. The van der Waals surface area contributed by atoms with E-state index in [0.717, 1.165) is 54.9 Å². The topological polar surface area (TPSA) is 62.6 Å². The summed E-state index contributed by atoms with van der Waals surface area (Å²) in [7, 11) is 0. The Morgan fingerprint density at radius 2 is 2.04 bits per heavy atom. The van der Waals surface area contributed by atoms with Crippen molar-refractivity contribution in [3.05, 3.63) is 56.6 Å². The normalized spacial score (nSPS) is 15.7. The van der Waals surface area contributed by atoms with Crippen LogP contribution in [-0.4, -0.2) is 45.8 Å². The van der Waals surface area contributed by atoms with Gasteiger partial charge in [0.1, 0.15) is 0 Å². The van der Waals surface area contributed by atoms with Crippen LogP contribution < -0.4 is 5.69 Å². The molecule has 27 heavy (non-hydrogen) atoms. The van der Waals surface area contributed by atoms with Gasteiger partial charge in [0, 0.05) is 29.9 Å². The number of benzene rings is 1. The van der Waals surface area contributed by atoms with E-state index in [2.05, 4.69) is 44.7 Å². The Bertz CT molecular complexity index is 1180. The molecule has 1 aliphatic heterocycles. The Morgan fingerprint density at radius 1 is 1.19 bits per heavy atom. The largest absolute Gasteiger partial charge is 0.379 e. The van der Waals surface area contributed by atoms with E-state index < -0.39 is 0 Å². The number of aryl methyl sites for hydroxylation is 1. The molecule has 0 aliphatic carbocycles. The van der Waals surface area contributed by atoms with Crippen LogP contribution in [0.4, 0.5) is 0 Å². The average molecular weight is 380 g/mol. The highest BCUT2D eigenvalue weighted by Gasteiger charge is 2.13. The summed E-state index contributed by atoms with van der Waals surface area (Å²) in [5.41, 5.74) is 4.76. The Kier molecular flexibility index (Phi) is 4.07. The highest BCUT2D eigenvalue weighted by molar-refractivity contribution is 7.10. The molecule has 1 fully saturated rings. The lowest BCUT2D eigenvalue weighted by molar-refractivity contribution is 0.0346. The fourth-order valence-corrected chi connectivity index (χ4v) is 4.67. The summed E-state index contributed by atoms with van der Waals surface area (Å²) in [5, 5.41) is 9.93. The monoisotopic (exact) mass is 380 g/mol. The molecule has 1 aromatic carbocycles. The zero-order valence-corrected chi connectivity index (χ0v) is 15.9. The van der Waals surface area contributed by atoms with Gasteiger partial charge in [-0.15, -0.1) is 11.3 Å². The second-order valence-electron chi connectivity index (χ2n) is 6.97. The molecule has 1 N–H and O–H groups in total. The minimum atomic E-state index is -0.203. The van der Waals surface area contributed by atoms with Gasteiger partial charge in [0.05, 0.1) is 18.7 Å². The number of rotatable bonds is 3. The average Bonchev–Trinajstić information content (AvgIpc) is 3.29. The lowest BCUT2D eigenvalue weighted by Crippen LogP contribution is -2.35. The van der Waals surface area contributed by atoms with Gasteiger partial charge in [-0.05, 0) is 47.2 Å². The molecule has 138 valence electrons. The van der Waals surface area contributed by atoms with Gasteiger partial charge in [-0.1, -0.05) is 12.1 Å². The summed E-state index contributed by atoms with van der Waals surface area (Å²) in [6.07, 6.45) is 0. The first-order valence-corrected chi connectivity index (χ1v) is 9.95. The Labute approximate surface area is 160 Å². The lowest BCUT2D eigenvalue weighted by Gasteiger charge is -2.25. The minimum Gasteiger partial charge on any atom is -0.379 e. The molecule has 6 nitrogen and oxygen atoms in total. The number of ether oxygens (including phenoxy) is 1. The molecule has 7 heteroatoms. The maximum atomic E-state index is 12.2. The molecule has 0 spiro atoms. The summed E-state index contributed by atoms with van der Waals surface area (Å²) >= 11 is 1.79. The number of nitrogens with zero attached hydrogens (tertiary/aromatic N) is 3. The van der Waals surface area contributed by atoms with Crippen molar-refractivity contribution < 1.29 is 4.74 Å². The number of thiophene rings is 1. The molecular formula is C20H20N4O2S. The number of fused-ring (bicyclic) bond motifs is 3. The van der Waals surface area contributed by atoms with Crippen molar-refractivity contribution in [1.82, 2.24) is 19.5 Å². The fraction of sp³-hybridized carbons (Fsp3) is 0.300. The van der Waals surface area contributed by atoms with Crippen LogP contribution in [0.5, 0.6) is 0 Å². The predicted octanol–water partition coefficient (Wildman–Crippen LogP) is 3.04. The van der Waals surface area contributed by atoms with Gasteiger partial charge in [-0.3, -0.25) is 4.90 Å². The third-order valence-electron chi connectivity index (χ3n) is 5.18. The second kappa shape index (κ2) is 6.60. The number of hydrogen-bond acceptors (Lipinski definition) is 5. The zero-order valence-electron chi connectivity index (χ0n) is 15.1. The van der Waals surface area contributed by atoms with Gasteiger partial charge >= 0.3 is 5.69 Å². The number of aromatic nitrogens is 3. The van der Waals surface area contributed by atoms with E-state index in [1.807, 2.05) is 13.0 Å². The van der Waals surface area contributed by atoms with Crippen LogP contribution in [0.3, 0.4) is 0 Å². The van der Waals surface area contributed by atoms with Gasteiger partial charge in [0.25, 0.3) is 0 Å². The lowest BCUT2D eigenvalue weighted by atomic mass is 10.0. The van der Waals surface area contributed by atoms with E-state index >= 15 is 0 Å². The smallest absolute Gasteiger partial charge is 0.348 e. The molecule has 0 amide bonds. The van der Waals surface area contributed by atoms with Crippen molar-refractivity contribution in [3.8, 4) is 11.1 Å². The summed E-state index contributed by atoms with van der Waals surface area (Å²) in [5.74, 6) is 0. The summed E-state index contributed by atoms with van der Waals surface area (Å²) in [4.78, 5) is 16.0. The Morgan fingerprint density at radius 3 is 2.89 bits per heavy atom. The van der Waals surface area contributed by atoms with Crippen LogP contribution in [0.2, 0.25) is 0 Å². The summed E-state index contributed by atoms with van der Waals surface area (Å²) in [6, 6.07) is 10.5. The van der Waals surface area contributed by atoms with Crippen molar-refractivity contribution in [1.29, 1.82) is 0 Å². The summed E-state index contributed by atoms with van der Waals surface area (Å²) in [6.45, 7) is 6.63. The minimum absolute atomic E-state index is 0.203. The SMILES string of the molecule is Cc1cc2n[nH]c(=O)n2c2cc(-c3csc(CN4CCOCC4)c3)ccc12. The van der Waals surface area contributed by atoms with Gasteiger partial charge in [-0.25, -0.2) is 14.3 Å². The Hall–Kier alpha value is -2.48. The van der Waals surface area contributed by atoms with E-state index in [1.165, 1.54) is 10.4 Å². The van der Waals surface area contributed by atoms with Gasteiger partial charge in [-0.2, -0.15) is 5.10 Å². The molecule has 5 rings (SSSR count). The first-order valence-electron chi connectivity index (χ1n) is 9.07. The number of H-pyrrole nitrogens is 1. The quantitative estimate of drug-likeness (QED) is 0.593. The van der Waals surface area contributed by atoms with Crippen molar-refractivity contribution in [2.75, 3.05) is 26.3 Å². The van der Waals surface area contributed by atoms with Crippen LogP contribution in [0.1, 0.15) is 10.4 Å². The molecule has 1 saturated heterocycles. The van der Waals surface area contributed by atoms with Crippen molar-refractivity contribution >= 4 is 27.9 Å². The fourth-order valence-electron chi connectivity index (χ4n) is 3.73. The molecule has 0 unspecified atom stereocenters. The van der Waals surface area contributed by atoms with Crippen molar-refractivity contribution in [3.63, 3.8) is 0 Å². The van der Waals surface area contributed by atoms with Crippen LogP contribution in [0.15, 0.2) is 40.5 Å². The van der Waals surface area contributed by atoms with Gasteiger partial charge in [0.2, 0.25) is 0 Å². The van der Waals surface area contributed by atoms with E-state index in [-0.39, 0.29) is 5.69 Å². The van der Waals surface area contributed by atoms with E-state index in [1.54, 1.807) is 15.7 Å². The second-order valence-corrected chi connectivity index (χ2v) is 7.97. The summed E-state index contributed by atoms with van der Waals surface area (Å²) < 4.78 is 7.07. The highest BCUT2D eigenvalue weighted by atomic mass is 32.1. The highest BCUT2D eigenvalue weighted by Crippen LogP contribution is 2.30. The molecule has 1 aliphatic rings. The molecule has 4 aromatic rings. The van der Waals surface area contributed by atoms with Crippen LogP contribution in [-0.2, 0) is 11.3 Å². The molecular weight excluding hydrogens is 360 g/mol. The van der Waals surface area contributed by atoms with E-state index in [4.69, 9.17) is 4.74 Å². The molecule has 0 atom stereocenters. The number of pyridine rings is 1. The van der Waals surface area contributed by atoms with Crippen LogP contribution in [0, 0.1) is 6.92 Å². The van der Waals surface area contributed by atoms with Crippen LogP contribution >= 0.6 is 11.3 Å². The zero-order chi connectivity index (χ0) is 18.4. The van der Waals surface area contributed by atoms with E-state index in [0.29, 0.717) is 5.65 Å². The number of aromatic amines is 1. The third-order valence-corrected chi connectivity index (χ3v) is 6.10. The van der Waals surface area contributed by atoms with Crippen molar-refractivity contribution in [2.45, 2.75) is 13.5 Å². The predicted molar refractivity (Wildman–Crippen MR) is 107 cm³/mol. The Balaban J connectivity index is 1.54. The van der Waals surface area contributed by atoms with Crippen LogP contribution in [0.25, 0.3) is 27.7 Å². The first-order chi connectivity index (χ1) is 13.2. The number of nitrogens with one attached hydrogen (secondary N) is 1. The number of morpholine rings is 1. The maximum Gasteiger partial charge on any atom is 0.348 e. The molecule has 4 heterocycles. The molecule has 3 aromatic heterocycles. The molecule has 0 bridgehead atoms. The van der Waals surface area contributed by atoms with E-state index in [9.17, 15) is 4.79 Å². The standard InChI is InChI=1S/C20H20N4O2S/c1-13-8-19-21-22-20(25)24(19)18-10-14(2-3-17(13)18)15-9-16(27-12-15)11-23-4-6-26-7-5-23/h2-3,8-10,12H,4-7,11H2,1H3,(H,22,25). The molecule has 0 radical (unpaired) electrons. The molecule has 0 saturated carbocycles.